The zero-order valence-corrected chi connectivity index (χ0v) is 20.3. The highest BCUT2D eigenvalue weighted by Gasteiger charge is 2.32. The molecule has 0 bridgehead atoms. The van der Waals surface area contributed by atoms with Gasteiger partial charge in [0, 0.05) is 31.7 Å². The molecule has 1 aromatic carbocycles. The highest BCUT2D eigenvalue weighted by Crippen LogP contribution is 2.33. The zero-order valence-electron chi connectivity index (χ0n) is 18.6. The summed E-state index contributed by atoms with van der Waals surface area (Å²) in [6.07, 6.45) is 1.77. The van der Waals surface area contributed by atoms with Crippen molar-refractivity contribution in [2.45, 2.75) is 19.4 Å². The summed E-state index contributed by atoms with van der Waals surface area (Å²) in [5.74, 6) is -1.58. The van der Waals surface area contributed by atoms with Crippen LogP contribution in [-0.4, -0.2) is 48.7 Å². The first-order valence-electron chi connectivity index (χ1n) is 10.7. The molecule has 1 saturated heterocycles. The van der Waals surface area contributed by atoms with Crippen molar-refractivity contribution in [1.82, 2.24) is 14.3 Å². The number of fused-ring (bicyclic) bond motifs is 1. The number of pyridine rings is 1. The van der Waals surface area contributed by atoms with Gasteiger partial charge in [-0.2, -0.15) is 0 Å². The van der Waals surface area contributed by atoms with E-state index in [1.165, 1.54) is 15.4 Å². The van der Waals surface area contributed by atoms with Crippen molar-refractivity contribution in [2.75, 3.05) is 18.4 Å². The molecule has 1 fully saturated rings. The Morgan fingerprint density at radius 3 is 2.71 bits per heavy atom. The van der Waals surface area contributed by atoms with Gasteiger partial charge in [0.2, 0.25) is 0 Å². The summed E-state index contributed by atoms with van der Waals surface area (Å²) in [5, 5.41) is 24.5. The number of anilines is 1. The average molecular weight is 510 g/mol. The van der Waals surface area contributed by atoms with Crippen LogP contribution >= 0.6 is 24.0 Å². The molecule has 0 saturated carbocycles. The van der Waals surface area contributed by atoms with Gasteiger partial charge in [-0.3, -0.25) is 18.9 Å². The standard InChI is InChI=1S/C24H22N4O5S2/c1-14-6-5-10-27-21(14)26-20(25-13-17(29)15-7-3-2-4-8-15)16(22(27)32)12-18-23(33)28(24(34)35-18)11-9-19(30)31/h2-8,10,12,17,25,29H,9,11,13H2,1H3,(H,30,31)/p-1/b18-12-/t17-/m0/s1. The number of benzene rings is 1. The number of rotatable bonds is 8. The molecule has 1 amide bonds. The first-order chi connectivity index (χ1) is 16.8. The number of aliphatic hydroxyl groups excluding tert-OH is 1. The van der Waals surface area contributed by atoms with E-state index in [1.807, 2.05) is 31.2 Å². The summed E-state index contributed by atoms with van der Waals surface area (Å²) in [7, 11) is 0. The summed E-state index contributed by atoms with van der Waals surface area (Å²) >= 11 is 6.21. The van der Waals surface area contributed by atoms with Crippen LogP contribution in [0, 0.1) is 6.92 Å². The van der Waals surface area contributed by atoms with Crippen molar-refractivity contribution in [3.63, 3.8) is 0 Å². The van der Waals surface area contributed by atoms with E-state index in [-0.39, 0.29) is 40.1 Å². The highest BCUT2D eigenvalue weighted by molar-refractivity contribution is 8.26. The molecule has 0 unspecified atom stereocenters. The van der Waals surface area contributed by atoms with E-state index in [1.54, 1.807) is 24.4 Å². The smallest absolute Gasteiger partial charge is 0.267 e. The summed E-state index contributed by atoms with van der Waals surface area (Å²) in [4.78, 5) is 43.1. The number of nitrogens with zero attached hydrogens (tertiary/aromatic N) is 3. The van der Waals surface area contributed by atoms with Gasteiger partial charge in [-0.1, -0.05) is 60.4 Å². The number of thiocarbonyl (C=S) groups is 1. The lowest BCUT2D eigenvalue weighted by atomic mass is 10.1. The number of carboxylic acid groups (broad SMARTS) is 1. The van der Waals surface area contributed by atoms with Crippen LogP contribution in [0.4, 0.5) is 5.82 Å². The van der Waals surface area contributed by atoms with Crippen LogP contribution in [0.2, 0.25) is 0 Å². The minimum absolute atomic E-state index is 0.0753. The molecule has 3 heterocycles. The number of aryl methyl sites for hydroxylation is 1. The lowest BCUT2D eigenvalue weighted by Gasteiger charge is -2.16. The Morgan fingerprint density at radius 2 is 2.00 bits per heavy atom. The maximum Gasteiger partial charge on any atom is 0.267 e. The Labute approximate surface area is 210 Å². The van der Waals surface area contributed by atoms with Crippen molar-refractivity contribution in [2.24, 2.45) is 0 Å². The molecule has 1 aliphatic heterocycles. The molecule has 1 aliphatic rings. The summed E-state index contributed by atoms with van der Waals surface area (Å²) in [5.41, 5.74) is 1.62. The molecule has 180 valence electrons. The number of carbonyl (C=O) groups is 2. The Bertz CT molecular complexity index is 1400. The van der Waals surface area contributed by atoms with E-state index >= 15 is 0 Å². The van der Waals surface area contributed by atoms with Crippen LogP contribution in [0.5, 0.6) is 0 Å². The predicted octanol–water partition coefficient (Wildman–Crippen LogP) is 1.49. The van der Waals surface area contributed by atoms with E-state index in [0.29, 0.717) is 11.2 Å². The van der Waals surface area contributed by atoms with Gasteiger partial charge < -0.3 is 20.3 Å². The lowest BCUT2D eigenvalue weighted by Crippen LogP contribution is -2.33. The second-order valence-electron chi connectivity index (χ2n) is 7.83. The third-order valence-electron chi connectivity index (χ3n) is 5.42. The number of carboxylic acids is 1. The van der Waals surface area contributed by atoms with Gasteiger partial charge in [-0.25, -0.2) is 4.98 Å². The molecule has 9 nitrogen and oxygen atoms in total. The van der Waals surface area contributed by atoms with Crippen molar-refractivity contribution in [1.29, 1.82) is 0 Å². The normalized spacial score (nSPS) is 15.7. The Balaban J connectivity index is 1.73. The second-order valence-corrected chi connectivity index (χ2v) is 9.50. The van der Waals surface area contributed by atoms with E-state index in [9.17, 15) is 24.6 Å². The van der Waals surface area contributed by atoms with Gasteiger partial charge in [0.15, 0.2) is 0 Å². The van der Waals surface area contributed by atoms with Crippen LogP contribution in [0.25, 0.3) is 11.7 Å². The maximum atomic E-state index is 13.4. The minimum Gasteiger partial charge on any atom is -0.550 e. The van der Waals surface area contributed by atoms with Gasteiger partial charge in [0.05, 0.1) is 16.6 Å². The fourth-order valence-corrected chi connectivity index (χ4v) is 4.88. The number of thioether (sulfide) groups is 1. The largest absolute Gasteiger partial charge is 0.550 e. The van der Waals surface area contributed by atoms with Crippen LogP contribution in [0.1, 0.15) is 29.2 Å². The van der Waals surface area contributed by atoms with E-state index < -0.39 is 23.5 Å². The Kier molecular flexibility index (Phi) is 7.29. The van der Waals surface area contributed by atoms with Gasteiger partial charge in [-0.05, 0) is 30.2 Å². The fraction of sp³-hybridized carbons (Fsp3) is 0.208. The third kappa shape index (κ3) is 5.26. The third-order valence-corrected chi connectivity index (χ3v) is 6.80. The summed E-state index contributed by atoms with van der Waals surface area (Å²) in [6, 6.07) is 12.6. The number of hydrogen-bond acceptors (Lipinski definition) is 9. The lowest BCUT2D eigenvalue weighted by molar-refractivity contribution is -0.305. The quantitative estimate of drug-likeness (QED) is 0.343. The topological polar surface area (TPSA) is 127 Å². The van der Waals surface area contributed by atoms with Gasteiger partial charge in [0.25, 0.3) is 11.5 Å². The number of aliphatic hydroxyl groups is 1. The Morgan fingerprint density at radius 1 is 1.26 bits per heavy atom. The van der Waals surface area contributed by atoms with E-state index in [0.717, 1.165) is 17.3 Å². The number of hydrogen-bond donors (Lipinski definition) is 2. The molecule has 35 heavy (non-hydrogen) atoms. The van der Waals surface area contributed by atoms with Crippen LogP contribution in [-0.2, 0) is 9.59 Å². The van der Waals surface area contributed by atoms with Crippen molar-refractivity contribution >= 4 is 57.7 Å². The van der Waals surface area contributed by atoms with Crippen LogP contribution < -0.4 is 16.0 Å². The van der Waals surface area contributed by atoms with Crippen molar-refractivity contribution in [3.05, 3.63) is 80.6 Å². The average Bonchev–Trinajstić information content (AvgIpc) is 3.11. The van der Waals surface area contributed by atoms with E-state index in [2.05, 4.69) is 10.3 Å². The minimum atomic E-state index is -1.29. The first kappa shape index (κ1) is 24.6. The number of aromatic nitrogens is 2. The molecular weight excluding hydrogens is 488 g/mol. The van der Waals surface area contributed by atoms with Crippen molar-refractivity contribution in [3.8, 4) is 0 Å². The van der Waals surface area contributed by atoms with Crippen LogP contribution in [0.3, 0.4) is 0 Å². The fourth-order valence-electron chi connectivity index (χ4n) is 3.59. The molecule has 2 N–H and O–H groups in total. The first-order valence-corrected chi connectivity index (χ1v) is 11.9. The molecule has 0 radical (unpaired) electrons. The van der Waals surface area contributed by atoms with Crippen molar-refractivity contribution < 1.29 is 19.8 Å². The summed E-state index contributed by atoms with van der Waals surface area (Å²) in [6.45, 7) is 1.78. The molecule has 0 spiro atoms. The van der Waals surface area contributed by atoms with Gasteiger partial charge in [0.1, 0.15) is 15.8 Å². The van der Waals surface area contributed by atoms with E-state index in [4.69, 9.17) is 12.2 Å². The number of aliphatic carboxylic acids is 1. The molecule has 0 aliphatic carbocycles. The van der Waals surface area contributed by atoms with Crippen LogP contribution in [0.15, 0.2) is 58.4 Å². The maximum absolute atomic E-state index is 13.4. The second kappa shape index (κ2) is 10.4. The molecular formula is C24H21N4O5S2-. The zero-order chi connectivity index (χ0) is 25.1. The molecule has 3 aromatic rings. The molecule has 1 atom stereocenters. The SMILES string of the molecule is Cc1cccn2c(=O)c(/C=C3\SC(=S)N(CCC(=O)[O-])C3=O)c(NC[C@H](O)c3ccccc3)nc12. The summed E-state index contributed by atoms with van der Waals surface area (Å²) < 4.78 is 1.58. The van der Waals surface area contributed by atoms with Gasteiger partial charge in [-0.15, -0.1) is 0 Å². The predicted molar refractivity (Wildman–Crippen MR) is 136 cm³/mol. The number of amides is 1. The Hall–Kier alpha value is -3.54. The van der Waals surface area contributed by atoms with Gasteiger partial charge >= 0.3 is 0 Å². The number of carbonyl (C=O) groups excluding carboxylic acids is 2. The number of nitrogens with one attached hydrogen (secondary N) is 1. The molecule has 4 rings (SSSR count). The highest BCUT2D eigenvalue weighted by atomic mass is 32.2. The molecule has 2 aromatic heterocycles. The monoisotopic (exact) mass is 509 g/mol. The molecule has 11 heteroatoms.